The molecular formula is C24H33N3O6S. The first-order chi connectivity index (χ1) is 16.3. The lowest BCUT2D eigenvalue weighted by molar-refractivity contribution is 0.0932. The summed E-state index contributed by atoms with van der Waals surface area (Å²) in [5, 5.41) is 21.3. The summed E-state index contributed by atoms with van der Waals surface area (Å²) < 4.78 is 34.8. The van der Waals surface area contributed by atoms with Crippen LogP contribution >= 0.6 is 0 Å². The lowest BCUT2D eigenvalue weighted by Crippen LogP contribution is -2.50. The second-order valence-electron chi connectivity index (χ2n) is 8.61. The molecule has 0 bridgehead atoms. The number of ether oxygens (including phenoxy) is 1. The third kappa shape index (κ3) is 6.77. The Morgan fingerprint density at radius 1 is 1.12 bits per heavy atom. The molecule has 34 heavy (non-hydrogen) atoms. The van der Waals surface area contributed by atoms with Crippen LogP contribution in [0.3, 0.4) is 0 Å². The van der Waals surface area contributed by atoms with Crippen molar-refractivity contribution in [3.8, 4) is 5.75 Å². The number of benzene rings is 2. The highest BCUT2D eigenvalue weighted by molar-refractivity contribution is 7.87. The van der Waals surface area contributed by atoms with Gasteiger partial charge in [-0.2, -0.15) is 17.9 Å². The summed E-state index contributed by atoms with van der Waals surface area (Å²) in [6.07, 6.45) is 1.37. The van der Waals surface area contributed by atoms with Crippen LogP contribution in [0.2, 0.25) is 0 Å². The number of carbonyl (C=O) groups is 1. The van der Waals surface area contributed by atoms with E-state index in [-0.39, 0.29) is 23.9 Å². The van der Waals surface area contributed by atoms with Crippen molar-refractivity contribution in [2.75, 3.05) is 26.8 Å². The number of carbonyl (C=O) groups excluding carboxylic acids is 1. The Morgan fingerprint density at radius 3 is 2.41 bits per heavy atom. The number of methoxy groups -OCH3 is 1. The number of hydrogen-bond donors (Lipinski definition) is 5. The quantitative estimate of drug-likeness (QED) is 0.319. The number of aliphatic hydroxyl groups excluding tert-OH is 2. The minimum Gasteiger partial charge on any atom is -0.496 e. The van der Waals surface area contributed by atoms with Crippen LogP contribution < -0.4 is 19.5 Å². The summed E-state index contributed by atoms with van der Waals surface area (Å²) in [6, 6.07) is 16.7. The van der Waals surface area contributed by atoms with Gasteiger partial charge in [0, 0.05) is 24.5 Å². The van der Waals surface area contributed by atoms with Gasteiger partial charge in [-0.15, -0.1) is 0 Å². The lowest BCUT2D eigenvalue weighted by atomic mass is 9.68. The number of nitrogens with one attached hydrogen (secondary N) is 3. The maximum absolute atomic E-state index is 12.9. The summed E-state index contributed by atoms with van der Waals surface area (Å²) in [7, 11) is -2.29. The van der Waals surface area contributed by atoms with E-state index in [1.807, 2.05) is 36.4 Å². The number of amides is 1. The van der Waals surface area contributed by atoms with Gasteiger partial charge in [0.05, 0.1) is 25.4 Å². The third-order valence-corrected chi connectivity index (χ3v) is 7.50. The molecule has 1 atom stereocenters. The summed E-state index contributed by atoms with van der Waals surface area (Å²) >= 11 is 0. The topological polar surface area (TPSA) is 137 Å². The van der Waals surface area contributed by atoms with Gasteiger partial charge < -0.3 is 20.3 Å². The Labute approximate surface area is 200 Å². The van der Waals surface area contributed by atoms with E-state index < -0.39 is 22.9 Å². The smallest absolute Gasteiger partial charge is 0.277 e. The number of hydrogen-bond acceptors (Lipinski definition) is 6. The van der Waals surface area contributed by atoms with Crippen molar-refractivity contribution in [2.24, 2.45) is 0 Å². The molecular weight excluding hydrogens is 458 g/mol. The largest absolute Gasteiger partial charge is 0.496 e. The van der Waals surface area contributed by atoms with Gasteiger partial charge in [0.1, 0.15) is 5.75 Å². The van der Waals surface area contributed by atoms with E-state index in [0.717, 1.165) is 5.56 Å². The zero-order valence-electron chi connectivity index (χ0n) is 19.2. The zero-order chi connectivity index (χ0) is 24.6. The van der Waals surface area contributed by atoms with Gasteiger partial charge in [-0.3, -0.25) is 4.79 Å². The standard InChI is InChI=1S/C24H33N3O6S/c1-33-22-10-6-5-9-21(22)23(30)25-17-24(18-7-3-2-4-8-18)13-11-19(12-14-24)27-34(31,32)26-15-20(29)16-28/h2-10,19-20,26-29H,11-17H2,1H3,(H,25,30)/t19-,20-,24-/m1/s1. The van der Waals surface area contributed by atoms with Crippen LogP contribution in [-0.2, 0) is 15.6 Å². The highest BCUT2D eigenvalue weighted by Gasteiger charge is 2.38. The second kappa shape index (κ2) is 11.8. The van der Waals surface area contributed by atoms with E-state index >= 15 is 0 Å². The maximum atomic E-state index is 12.9. The molecule has 186 valence electrons. The Morgan fingerprint density at radius 2 is 1.76 bits per heavy atom. The molecule has 1 aliphatic rings. The Balaban J connectivity index is 1.68. The molecule has 9 nitrogen and oxygen atoms in total. The van der Waals surface area contributed by atoms with E-state index in [0.29, 0.717) is 43.5 Å². The zero-order valence-corrected chi connectivity index (χ0v) is 20.1. The van der Waals surface area contributed by atoms with Crippen molar-refractivity contribution in [1.29, 1.82) is 0 Å². The van der Waals surface area contributed by atoms with Crippen molar-refractivity contribution in [1.82, 2.24) is 14.8 Å². The Hall–Kier alpha value is -2.50. The molecule has 0 spiro atoms. The molecule has 10 heteroatoms. The molecule has 2 aromatic rings. The highest BCUT2D eigenvalue weighted by Crippen LogP contribution is 2.39. The molecule has 0 heterocycles. The van der Waals surface area contributed by atoms with Crippen molar-refractivity contribution < 1.29 is 28.2 Å². The highest BCUT2D eigenvalue weighted by atomic mass is 32.2. The fourth-order valence-electron chi connectivity index (χ4n) is 4.36. The van der Waals surface area contributed by atoms with Crippen LogP contribution in [0.15, 0.2) is 54.6 Å². The van der Waals surface area contributed by atoms with Gasteiger partial charge in [-0.1, -0.05) is 42.5 Å². The molecule has 1 fully saturated rings. The maximum Gasteiger partial charge on any atom is 0.277 e. The van der Waals surface area contributed by atoms with Gasteiger partial charge in [-0.05, 0) is 43.4 Å². The molecule has 0 radical (unpaired) electrons. The molecule has 1 aliphatic carbocycles. The minimum atomic E-state index is -3.81. The van der Waals surface area contributed by atoms with Crippen LogP contribution in [0.1, 0.15) is 41.6 Å². The van der Waals surface area contributed by atoms with Gasteiger partial charge >= 0.3 is 0 Å². The lowest BCUT2D eigenvalue weighted by Gasteiger charge is -2.41. The van der Waals surface area contributed by atoms with Gasteiger partial charge in [0.2, 0.25) is 0 Å². The van der Waals surface area contributed by atoms with Crippen molar-refractivity contribution in [2.45, 2.75) is 43.2 Å². The summed E-state index contributed by atoms with van der Waals surface area (Å²) in [4.78, 5) is 12.9. The minimum absolute atomic E-state index is 0.220. The fraction of sp³-hybridized carbons (Fsp3) is 0.458. The summed E-state index contributed by atoms with van der Waals surface area (Å²) in [6.45, 7) is -0.373. The van der Waals surface area contributed by atoms with E-state index in [2.05, 4.69) is 14.8 Å². The van der Waals surface area contributed by atoms with Crippen molar-refractivity contribution in [3.63, 3.8) is 0 Å². The van der Waals surface area contributed by atoms with Crippen LogP contribution in [0.4, 0.5) is 0 Å². The molecule has 3 rings (SSSR count). The molecule has 1 amide bonds. The molecule has 0 saturated heterocycles. The molecule has 0 aromatic heterocycles. The average Bonchev–Trinajstić information content (AvgIpc) is 2.87. The number of para-hydroxylation sites is 1. The molecule has 0 aliphatic heterocycles. The van der Waals surface area contributed by atoms with Crippen LogP contribution in [0.25, 0.3) is 0 Å². The predicted octanol–water partition coefficient (Wildman–Crippen LogP) is 1.08. The van der Waals surface area contributed by atoms with E-state index in [1.165, 1.54) is 7.11 Å². The number of aliphatic hydroxyl groups is 2. The van der Waals surface area contributed by atoms with E-state index in [1.54, 1.807) is 18.2 Å². The summed E-state index contributed by atoms with van der Waals surface area (Å²) in [5.74, 6) is 0.285. The fourth-order valence-corrected chi connectivity index (χ4v) is 5.53. The number of rotatable bonds is 11. The predicted molar refractivity (Wildman–Crippen MR) is 129 cm³/mol. The van der Waals surface area contributed by atoms with Crippen LogP contribution in [0.5, 0.6) is 5.75 Å². The van der Waals surface area contributed by atoms with Crippen molar-refractivity contribution >= 4 is 16.1 Å². The Bertz CT molecular complexity index is 1040. The van der Waals surface area contributed by atoms with E-state index in [4.69, 9.17) is 9.84 Å². The molecule has 5 N–H and O–H groups in total. The second-order valence-corrected chi connectivity index (χ2v) is 10.1. The van der Waals surface area contributed by atoms with Crippen molar-refractivity contribution in [3.05, 3.63) is 65.7 Å². The third-order valence-electron chi connectivity index (χ3n) is 6.31. The van der Waals surface area contributed by atoms with E-state index in [9.17, 15) is 18.3 Å². The van der Waals surface area contributed by atoms with Gasteiger partial charge in [0.15, 0.2) is 0 Å². The summed E-state index contributed by atoms with van der Waals surface area (Å²) in [5.41, 5.74) is 1.23. The first kappa shape index (κ1) is 26.1. The Kier molecular flexibility index (Phi) is 9.03. The first-order valence-corrected chi connectivity index (χ1v) is 12.8. The van der Waals surface area contributed by atoms with Gasteiger partial charge in [-0.25, -0.2) is 0 Å². The molecule has 0 unspecified atom stereocenters. The average molecular weight is 492 g/mol. The SMILES string of the molecule is COc1ccccc1C(=O)NC[C@]1(c2ccccc2)CC[C@H](NS(=O)(=O)NC[C@@H](O)CO)CC1. The van der Waals surface area contributed by atoms with Crippen LogP contribution in [-0.4, -0.2) is 63.5 Å². The van der Waals surface area contributed by atoms with Gasteiger partial charge in [0.25, 0.3) is 16.1 Å². The first-order valence-electron chi connectivity index (χ1n) is 11.3. The monoisotopic (exact) mass is 491 g/mol. The van der Waals surface area contributed by atoms with Crippen LogP contribution in [0, 0.1) is 0 Å². The normalized spacial score (nSPS) is 21.6. The molecule has 1 saturated carbocycles. The molecule has 2 aromatic carbocycles.